The summed E-state index contributed by atoms with van der Waals surface area (Å²) in [6.07, 6.45) is 17.6. The van der Waals surface area contributed by atoms with E-state index in [0.717, 1.165) is 63.4 Å². The maximum atomic E-state index is 13.9. The van der Waals surface area contributed by atoms with Gasteiger partial charge in [0, 0.05) is 24.2 Å². The van der Waals surface area contributed by atoms with Gasteiger partial charge in [0.15, 0.2) is 5.78 Å². The van der Waals surface area contributed by atoms with Crippen LogP contribution in [0, 0.1) is 75.9 Å². The quantitative estimate of drug-likeness (QED) is 0.196. The van der Waals surface area contributed by atoms with Crippen molar-refractivity contribution in [2.45, 2.75) is 179 Å². The number of esters is 2. The molecule has 0 bridgehead atoms. The van der Waals surface area contributed by atoms with Crippen LogP contribution in [0.15, 0.2) is 35.4 Å². The minimum Gasteiger partial charge on any atom is -0.481 e. The smallest absolute Gasteiger partial charge is 0.309 e. The monoisotopic (exact) mass is 801 g/mol. The van der Waals surface area contributed by atoms with E-state index in [2.05, 4.69) is 106 Å². The number of carboxylic acid groups (broad SMARTS) is 1. The number of hydrogen-bond donors (Lipinski definition) is 1. The summed E-state index contributed by atoms with van der Waals surface area (Å²) < 4.78 is 12.2. The number of allylic oxidation sites excluding steroid dienone is 1. The molecule has 0 aromatic heterocycles. The number of ether oxygens (including phenoxy) is 2. The first-order chi connectivity index (χ1) is 26.9. The highest BCUT2D eigenvalue weighted by molar-refractivity contribution is 6.01. The van der Waals surface area contributed by atoms with E-state index in [9.17, 15) is 24.3 Å². The lowest BCUT2D eigenvalue weighted by atomic mass is 9.34. The number of ketones is 1. The summed E-state index contributed by atoms with van der Waals surface area (Å²) in [5.41, 5.74) is 3.35. The summed E-state index contributed by atoms with van der Waals surface area (Å²) in [6.45, 7) is 27.4. The molecule has 322 valence electrons. The first-order valence-corrected chi connectivity index (χ1v) is 22.2. The van der Waals surface area contributed by atoms with E-state index in [1.165, 1.54) is 23.6 Å². The molecule has 6 rings (SSSR count). The van der Waals surface area contributed by atoms with Gasteiger partial charge in [-0.25, -0.2) is 0 Å². The van der Waals surface area contributed by atoms with E-state index in [-0.39, 0.29) is 58.0 Å². The van der Waals surface area contributed by atoms with Crippen molar-refractivity contribution in [1.82, 2.24) is 0 Å². The van der Waals surface area contributed by atoms with Crippen molar-refractivity contribution in [3.63, 3.8) is 0 Å². The Morgan fingerprint density at radius 3 is 1.95 bits per heavy atom. The number of carbonyl (C=O) groups is 4. The molecule has 0 saturated heterocycles. The maximum absolute atomic E-state index is 13.9. The molecule has 1 N–H and O–H groups in total. The van der Waals surface area contributed by atoms with Crippen molar-refractivity contribution in [3.05, 3.63) is 46.5 Å². The fourth-order valence-electron chi connectivity index (χ4n) is 13.8. The molecule has 0 amide bonds. The molecule has 0 aliphatic heterocycles. The van der Waals surface area contributed by atoms with E-state index >= 15 is 0 Å². The number of aliphatic carboxylic acids is 1. The van der Waals surface area contributed by atoms with E-state index in [1.54, 1.807) is 13.8 Å². The van der Waals surface area contributed by atoms with Crippen LogP contribution in [0.25, 0.3) is 0 Å². The van der Waals surface area contributed by atoms with Crippen LogP contribution >= 0.6 is 0 Å². The Balaban J connectivity index is 0.000000590. The standard InChI is InChI=1S/C40H62O7.C9H12.C2H2/c1-12-29(46-24(4)41)40-20-15-28-38(10)17-13-26-36(7,8)30(47-31(43)22-35(5,6)34(44)45)16-19-37(26,9)27(38)14-18-39(28,11)33(40)32(23(2)3)25(42)21-40;1-3-9-6-4-8(2)5-7-9;1-2/h23,26-30H,12-22H2,1-11H3,(H,44,45);4-7H,3H2,1-2H3;1-2H/t26?,27?,28?,29-,30?,37?,38?,39?,40?;;/m1../s1. The van der Waals surface area contributed by atoms with Crippen molar-refractivity contribution >= 4 is 23.7 Å². The molecule has 0 radical (unpaired) electrons. The Morgan fingerprint density at radius 1 is 0.862 bits per heavy atom. The lowest BCUT2D eigenvalue weighted by molar-refractivity contribution is -0.224. The molecule has 9 atom stereocenters. The first kappa shape index (κ1) is 47.3. The number of fused-ring (bicyclic) bond motifs is 7. The summed E-state index contributed by atoms with van der Waals surface area (Å²) in [7, 11) is 0. The Kier molecular flexibility index (Phi) is 14.1. The fourth-order valence-corrected chi connectivity index (χ4v) is 13.8. The molecule has 58 heavy (non-hydrogen) atoms. The first-order valence-electron chi connectivity index (χ1n) is 22.2. The second-order valence-corrected chi connectivity index (χ2v) is 21.0. The van der Waals surface area contributed by atoms with Crippen molar-refractivity contribution in [1.29, 1.82) is 0 Å². The number of rotatable bonds is 9. The van der Waals surface area contributed by atoms with Crippen LogP contribution < -0.4 is 0 Å². The van der Waals surface area contributed by atoms with Crippen LogP contribution in [0.1, 0.15) is 165 Å². The van der Waals surface area contributed by atoms with Crippen LogP contribution in [0.4, 0.5) is 0 Å². The molecule has 4 saturated carbocycles. The van der Waals surface area contributed by atoms with Crippen molar-refractivity contribution in [2.75, 3.05) is 0 Å². The molecule has 5 aliphatic rings. The SMILES string of the molecule is C#C.CC[C@@H](OC(C)=O)C12CCC3C(C)(CCC4C3(C)CCC3C(C)(C)C(OC(=O)CC(C)(C)C(=O)O)CCC34C)C1=C(C(C)C)C(=O)C2.CCc1ccc(C)cc1. The Labute approximate surface area is 351 Å². The molecule has 7 nitrogen and oxygen atoms in total. The zero-order chi connectivity index (χ0) is 43.8. The van der Waals surface area contributed by atoms with Crippen LogP contribution in [0.3, 0.4) is 0 Å². The van der Waals surface area contributed by atoms with Gasteiger partial charge in [0.05, 0.1) is 11.8 Å². The maximum Gasteiger partial charge on any atom is 0.309 e. The van der Waals surface area contributed by atoms with E-state index in [4.69, 9.17) is 9.47 Å². The highest BCUT2D eigenvalue weighted by Crippen LogP contribution is 2.76. The van der Waals surface area contributed by atoms with Gasteiger partial charge in [0.2, 0.25) is 0 Å². The van der Waals surface area contributed by atoms with Crippen LogP contribution in [-0.2, 0) is 35.1 Å². The number of Topliss-reactive ketones (excluding diaryl/α,β-unsaturated/α-hetero) is 1. The van der Waals surface area contributed by atoms with Gasteiger partial charge in [0.25, 0.3) is 0 Å². The fraction of sp³-hybridized carbons (Fsp3) is 0.725. The Bertz CT molecular complexity index is 1750. The molecule has 4 fully saturated rings. The molecule has 0 heterocycles. The number of terminal acetylenes is 1. The number of carboxylic acids is 1. The van der Waals surface area contributed by atoms with Crippen LogP contribution in [0.5, 0.6) is 0 Å². The normalized spacial score (nSPS) is 34.0. The summed E-state index contributed by atoms with van der Waals surface area (Å²) in [4.78, 5) is 51.0. The molecule has 8 unspecified atom stereocenters. The van der Waals surface area contributed by atoms with Crippen molar-refractivity contribution in [3.8, 4) is 12.8 Å². The van der Waals surface area contributed by atoms with Gasteiger partial charge >= 0.3 is 17.9 Å². The highest BCUT2D eigenvalue weighted by Gasteiger charge is 2.70. The summed E-state index contributed by atoms with van der Waals surface area (Å²) in [5.74, 6) is 0.0350. The highest BCUT2D eigenvalue weighted by atomic mass is 16.5. The van der Waals surface area contributed by atoms with E-state index < -0.39 is 22.8 Å². The minimum absolute atomic E-state index is 0.0834. The van der Waals surface area contributed by atoms with Crippen LogP contribution in [-0.4, -0.2) is 41.0 Å². The number of hydrogen-bond acceptors (Lipinski definition) is 6. The second-order valence-electron chi connectivity index (χ2n) is 21.0. The minimum atomic E-state index is -1.16. The lowest BCUT2D eigenvalue weighted by Crippen LogP contribution is -2.65. The number of benzene rings is 1. The third-order valence-corrected chi connectivity index (χ3v) is 16.4. The van der Waals surface area contributed by atoms with Gasteiger partial charge < -0.3 is 14.6 Å². The molecule has 1 aromatic rings. The average Bonchev–Trinajstić information content (AvgIpc) is 3.47. The van der Waals surface area contributed by atoms with E-state index in [0.29, 0.717) is 30.6 Å². The third kappa shape index (κ3) is 8.21. The second kappa shape index (κ2) is 17.3. The van der Waals surface area contributed by atoms with Gasteiger partial charge in [-0.05, 0) is 142 Å². The Hall–Kier alpha value is -3.40. The molecule has 0 spiro atoms. The zero-order valence-electron chi connectivity index (χ0n) is 38.3. The van der Waals surface area contributed by atoms with Gasteiger partial charge in [-0.1, -0.05) is 92.1 Å². The van der Waals surface area contributed by atoms with Crippen molar-refractivity contribution in [2.24, 2.45) is 56.2 Å². The summed E-state index contributed by atoms with van der Waals surface area (Å²) in [6, 6.07) is 8.66. The largest absolute Gasteiger partial charge is 0.481 e. The number of aryl methyl sites for hydroxylation is 2. The summed E-state index contributed by atoms with van der Waals surface area (Å²) >= 11 is 0. The average molecular weight is 801 g/mol. The van der Waals surface area contributed by atoms with Crippen molar-refractivity contribution < 1.29 is 33.8 Å². The molecule has 5 aliphatic carbocycles. The lowest BCUT2D eigenvalue weighted by Gasteiger charge is -2.71. The molecule has 1 aromatic carbocycles. The summed E-state index contributed by atoms with van der Waals surface area (Å²) in [5, 5.41) is 9.57. The Morgan fingerprint density at radius 2 is 1.41 bits per heavy atom. The van der Waals surface area contributed by atoms with E-state index in [1.807, 2.05) is 0 Å². The predicted octanol–water partition coefficient (Wildman–Crippen LogP) is 11.5. The molecular formula is C51H76O7. The van der Waals surface area contributed by atoms with Crippen LogP contribution in [0.2, 0.25) is 0 Å². The molecular weight excluding hydrogens is 725 g/mol. The van der Waals surface area contributed by atoms with Gasteiger partial charge in [0.1, 0.15) is 12.2 Å². The zero-order valence-corrected chi connectivity index (χ0v) is 38.3. The topological polar surface area (TPSA) is 107 Å². The van der Waals surface area contributed by atoms with Gasteiger partial charge in [-0.3, -0.25) is 19.2 Å². The van der Waals surface area contributed by atoms with Gasteiger partial charge in [-0.2, -0.15) is 0 Å². The predicted molar refractivity (Wildman–Crippen MR) is 232 cm³/mol. The number of carbonyl (C=O) groups excluding carboxylic acids is 3. The molecule has 7 heteroatoms. The third-order valence-electron chi connectivity index (χ3n) is 16.4. The van der Waals surface area contributed by atoms with Gasteiger partial charge in [-0.15, -0.1) is 12.8 Å².